The van der Waals surface area contributed by atoms with Crippen LogP contribution < -0.4 is 0 Å². The summed E-state index contributed by atoms with van der Waals surface area (Å²) in [5.41, 5.74) is 0. The van der Waals surface area contributed by atoms with E-state index in [-0.39, 0.29) is 0 Å². The molecule has 0 amide bonds. The minimum absolute atomic E-state index is 0.540. The third kappa shape index (κ3) is 2.93. The Bertz CT molecular complexity index is 594. The molecule has 0 bridgehead atoms. The predicted octanol–water partition coefficient (Wildman–Crippen LogP) is -0.170. The Kier molecular flexibility index (Phi) is 5.73. The molecule has 0 aromatic heterocycles. The molecule has 1 saturated heterocycles. The molecule has 1 aliphatic heterocycles. The zero-order chi connectivity index (χ0) is 15.8. The van der Waals surface area contributed by atoms with Gasteiger partial charge in [-0.1, -0.05) is 17.8 Å². The molecule has 21 heavy (non-hydrogen) atoms. The third-order valence-corrected chi connectivity index (χ3v) is 2.75. The monoisotopic (exact) mass is 267 g/mol. The van der Waals surface area contributed by atoms with Crippen LogP contribution in [0.5, 0.6) is 0 Å². The Hall–Kier alpha value is -3.05. The van der Waals surface area contributed by atoms with Gasteiger partial charge in [0.05, 0.1) is 0 Å². The molecule has 6 heteroatoms. The van der Waals surface area contributed by atoms with Crippen LogP contribution in [0.15, 0.2) is 0 Å². The van der Waals surface area contributed by atoms with Crippen LogP contribution in [0.4, 0.5) is 0 Å². The third-order valence-electron chi connectivity index (χ3n) is 2.75. The zero-order valence-corrected chi connectivity index (χ0v) is 12.3. The average Bonchev–Trinajstić information content (AvgIpc) is 2.49. The van der Waals surface area contributed by atoms with E-state index in [9.17, 15) is 0 Å². The molecule has 0 radical (unpaired) electrons. The van der Waals surface area contributed by atoms with Gasteiger partial charge in [-0.05, 0) is 38.9 Å². The fraction of sp³-hybridized carbons (Fsp3) is 0.200. The van der Waals surface area contributed by atoms with Crippen LogP contribution in [0.3, 0.4) is 0 Å². The van der Waals surface area contributed by atoms with Crippen molar-refractivity contribution in [2.24, 2.45) is 0 Å². The number of hydrogen-bond donors (Lipinski definition) is 0. The van der Waals surface area contributed by atoms with Crippen LogP contribution in [0.2, 0.25) is 0 Å². The summed E-state index contributed by atoms with van der Waals surface area (Å²) in [7, 11) is 0. The van der Waals surface area contributed by atoms with Crippen molar-refractivity contribution in [1.82, 2.24) is 14.2 Å². The molecule has 0 atom stereocenters. The lowest BCUT2D eigenvalue weighted by molar-refractivity contribution is 0.676. The number of hydrogen-bond acceptors (Lipinski definition) is 3. The van der Waals surface area contributed by atoms with Crippen molar-refractivity contribution < 1.29 is 0 Å². The lowest BCUT2D eigenvalue weighted by Crippen LogP contribution is -2.73. The summed E-state index contributed by atoms with van der Waals surface area (Å²) in [6.45, 7) is 3.51. The first kappa shape index (κ1) is 16.0. The summed E-state index contributed by atoms with van der Waals surface area (Å²) >= 11 is 0. The van der Waals surface area contributed by atoms with Crippen molar-refractivity contribution in [2.45, 2.75) is 20.8 Å². The highest BCUT2D eigenvalue weighted by Crippen LogP contribution is 2.17. The molecule has 0 unspecified atom stereocenters. The molecule has 0 aromatic carbocycles. The fourth-order valence-electron chi connectivity index (χ4n) is 2.04. The maximum atomic E-state index is 5.64. The molecule has 0 aliphatic carbocycles. The first-order chi connectivity index (χ1) is 10.2. The van der Waals surface area contributed by atoms with Crippen LogP contribution in [0, 0.1) is 72.6 Å². The highest BCUT2D eigenvalue weighted by molar-refractivity contribution is 6.94. The zero-order valence-electron chi connectivity index (χ0n) is 12.3. The SMILES string of the molecule is C#CB1N(C#CC)B(C#C)N(C#CC)B(C#C)N1C#CC. The van der Waals surface area contributed by atoms with Gasteiger partial charge in [0.15, 0.2) is 0 Å². The summed E-state index contributed by atoms with van der Waals surface area (Å²) in [6, 6.07) is 8.76. The van der Waals surface area contributed by atoms with Crippen molar-refractivity contribution in [3.8, 4) is 72.6 Å². The molecule has 3 nitrogen and oxygen atoms in total. The molecule has 0 N–H and O–H groups in total. The second-order valence-electron chi connectivity index (χ2n) is 3.93. The fourth-order valence-corrected chi connectivity index (χ4v) is 2.04. The molecule has 0 aromatic rings. The molecule has 0 saturated carbocycles. The minimum atomic E-state index is -0.540. The number of rotatable bonds is 0. The maximum Gasteiger partial charge on any atom is 0.459 e. The smallest absolute Gasteiger partial charge is 0.358 e. The maximum absolute atomic E-state index is 5.64. The molecule has 1 fully saturated rings. The summed E-state index contributed by atoms with van der Waals surface area (Å²) in [6.07, 6.45) is 16.9. The van der Waals surface area contributed by atoms with Crippen LogP contribution in [0.25, 0.3) is 0 Å². The van der Waals surface area contributed by atoms with E-state index in [2.05, 4.69) is 53.4 Å². The van der Waals surface area contributed by atoms with Crippen molar-refractivity contribution >= 4 is 20.9 Å². The first-order valence-corrected chi connectivity index (χ1v) is 6.20. The van der Waals surface area contributed by atoms with Crippen molar-refractivity contribution in [3.05, 3.63) is 0 Å². The van der Waals surface area contributed by atoms with Gasteiger partial charge in [-0.15, -0.1) is 36.7 Å². The largest absolute Gasteiger partial charge is 0.459 e. The van der Waals surface area contributed by atoms with Crippen LogP contribution in [-0.4, -0.2) is 35.1 Å². The lowest BCUT2D eigenvalue weighted by atomic mass is 9.44. The van der Waals surface area contributed by atoms with Gasteiger partial charge in [-0.2, -0.15) is 0 Å². The summed E-state index contributed by atoms with van der Waals surface area (Å²) < 4.78 is 4.97. The van der Waals surface area contributed by atoms with Gasteiger partial charge < -0.3 is 14.2 Å². The van der Waals surface area contributed by atoms with Crippen molar-refractivity contribution in [2.75, 3.05) is 0 Å². The van der Waals surface area contributed by atoms with Gasteiger partial charge in [0.25, 0.3) is 0 Å². The van der Waals surface area contributed by atoms with Crippen molar-refractivity contribution in [1.29, 1.82) is 0 Å². The van der Waals surface area contributed by atoms with E-state index < -0.39 is 20.9 Å². The van der Waals surface area contributed by atoms with Gasteiger partial charge in [-0.25, -0.2) is 0 Å². The average molecular weight is 267 g/mol. The Labute approximate surface area is 129 Å². The first-order valence-electron chi connectivity index (χ1n) is 6.20. The standard InChI is InChI=1S/C15H12B3N3/c1-7-13-19-16(10-4)20(14-8-2)18(12-6)21(15-9-3)17(19)11-5/h4-6H,1-3H3. The highest BCUT2D eigenvalue weighted by Gasteiger charge is 2.51. The summed E-state index contributed by atoms with van der Waals surface area (Å²) in [5.74, 6) is 16.4. The highest BCUT2D eigenvalue weighted by atomic mass is 15.3. The molecular formula is C15H12B3N3. The number of nitrogens with zero attached hydrogens (tertiary/aromatic N) is 3. The van der Waals surface area contributed by atoms with E-state index in [4.69, 9.17) is 19.3 Å². The second kappa shape index (κ2) is 7.52. The van der Waals surface area contributed by atoms with Crippen molar-refractivity contribution in [3.63, 3.8) is 0 Å². The second-order valence-corrected chi connectivity index (χ2v) is 3.93. The van der Waals surface area contributed by atoms with E-state index in [1.54, 1.807) is 34.9 Å². The minimum Gasteiger partial charge on any atom is -0.358 e. The number of terminal acetylenes is 3. The Morgan fingerprint density at radius 2 is 0.810 bits per heavy atom. The van der Waals surface area contributed by atoms with Gasteiger partial charge >= 0.3 is 20.9 Å². The molecule has 1 rings (SSSR count). The van der Waals surface area contributed by atoms with E-state index >= 15 is 0 Å². The van der Waals surface area contributed by atoms with Crippen LogP contribution >= 0.6 is 0 Å². The van der Waals surface area contributed by atoms with E-state index in [0.717, 1.165) is 0 Å². The normalized spacial score (nSPS) is 12.6. The summed E-state index contributed by atoms with van der Waals surface area (Å²) in [5, 5.41) is 0. The van der Waals surface area contributed by atoms with Gasteiger partial charge in [0, 0.05) is 0 Å². The quantitative estimate of drug-likeness (QED) is 0.445. The lowest BCUT2D eigenvalue weighted by Gasteiger charge is -2.44. The Morgan fingerprint density at radius 3 is 0.952 bits per heavy atom. The molecule has 0 spiro atoms. The van der Waals surface area contributed by atoms with Gasteiger partial charge in [0.1, 0.15) is 0 Å². The van der Waals surface area contributed by atoms with E-state index in [1.165, 1.54) is 0 Å². The Balaban J connectivity index is 3.52. The Morgan fingerprint density at radius 1 is 0.571 bits per heavy atom. The van der Waals surface area contributed by atoms with Gasteiger partial charge in [-0.3, -0.25) is 0 Å². The van der Waals surface area contributed by atoms with E-state index in [0.29, 0.717) is 0 Å². The van der Waals surface area contributed by atoms with Crippen LogP contribution in [-0.2, 0) is 0 Å². The van der Waals surface area contributed by atoms with Gasteiger partial charge in [0.2, 0.25) is 0 Å². The van der Waals surface area contributed by atoms with Crippen LogP contribution in [0.1, 0.15) is 20.8 Å². The molecule has 96 valence electrons. The molecular weight excluding hydrogens is 255 g/mol. The predicted molar refractivity (Wildman–Crippen MR) is 89.6 cm³/mol. The summed E-state index contributed by atoms with van der Waals surface area (Å²) in [4.78, 5) is 0. The topological polar surface area (TPSA) is 9.72 Å². The molecule has 1 heterocycles. The van der Waals surface area contributed by atoms with E-state index in [1.807, 2.05) is 0 Å². The molecule has 1 aliphatic rings.